The maximum Gasteiger partial charge on any atom is 0.334 e. The molecule has 0 saturated carbocycles. The number of hydrogen-bond donors (Lipinski definition) is 0. The third kappa shape index (κ3) is 4.73. The molecule has 114 valence electrons. The molecule has 0 N–H and O–H groups in total. The molecule has 0 aromatic carbocycles. The quantitative estimate of drug-likeness (QED) is 0.514. The molecule has 1 aliphatic heterocycles. The lowest BCUT2D eigenvalue weighted by Crippen LogP contribution is -2.10. The standard InChI is InChI=1S/C19H26O2/c1-14(2)16-9-7-5-4-6-8-15(3)12-18-13-17(11-10-16)19(20)21-18/h4-5,7-9,13-14,16,18H,6,10-12H2,1-3H3/b5-4+,9-7+,15-8+/t16-,18-/m1/s1. The van der Waals surface area contributed by atoms with Crippen LogP contribution in [-0.2, 0) is 9.53 Å². The summed E-state index contributed by atoms with van der Waals surface area (Å²) in [6.07, 6.45) is 16.4. The summed E-state index contributed by atoms with van der Waals surface area (Å²) in [6, 6.07) is 0. The molecule has 0 spiro atoms. The highest BCUT2D eigenvalue weighted by Crippen LogP contribution is 2.27. The first kappa shape index (κ1) is 15.8. The Bertz CT molecular complexity index is 492. The van der Waals surface area contributed by atoms with Crippen LogP contribution in [0.25, 0.3) is 0 Å². The third-order valence-electron chi connectivity index (χ3n) is 4.24. The zero-order valence-electron chi connectivity index (χ0n) is 13.3. The van der Waals surface area contributed by atoms with Gasteiger partial charge in [0.15, 0.2) is 0 Å². The number of allylic oxidation sites excluding steroid dienone is 5. The van der Waals surface area contributed by atoms with E-state index in [1.807, 2.05) is 6.08 Å². The van der Waals surface area contributed by atoms with Gasteiger partial charge in [-0.05, 0) is 44.1 Å². The van der Waals surface area contributed by atoms with Crippen molar-refractivity contribution in [1.82, 2.24) is 0 Å². The lowest BCUT2D eigenvalue weighted by atomic mass is 9.89. The van der Waals surface area contributed by atoms with E-state index >= 15 is 0 Å². The van der Waals surface area contributed by atoms with Crippen molar-refractivity contribution in [2.24, 2.45) is 11.8 Å². The molecule has 1 heterocycles. The fourth-order valence-corrected chi connectivity index (χ4v) is 2.83. The molecule has 0 fully saturated rings. The molecule has 0 radical (unpaired) electrons. The topological polar surface area (TPSA) is 26.3 Å². The Morgan fingerprint density at radius 1 is 1.29 bits per heavy atom. The smallest absolute Gasteiger partial charge is 0.334 e. The van der Waals surface area contributed by atoms with Crippen molar-refractivity contribution < 1.29 is 9.53 Å². The van der Waals surface area contributed by atoms with Crippen molar-refractivity contribution in [2.45, 2.75) is 52.6 Å². The minimum atomic E-state index is -0.118. The Kier molecular flexibility index (Phi) is 5.60. The van der Waals surface area contributed by atoms with E-state index in [0.29, 0.717) is 11.8 Å². The SMILES string of the molecule is C/C1=C\C/C=C/C=C/[C@@H](C(C)C)CCC2=C[C@@H](C1)OC2=O. The van der Waals surface area contributed by atoms with E-state index in [9.17, 15) is 4.79 Å². The summed E-state index contributed by atoms with van der Waals surface area (Å²) in [4.78, 5) is 11.9. The number of carbonyl (C=O) groups excluding carboxylic acids is 1. The predicted molar refractivity (Wildman–Crippen MR) is 86.8 cm³/mol. The van der Waals surface area contributed by atoms with Crippen molar-refractivity contribution in [3.63, 3.8) is 0 Å². The number of rotatable bonds is 1. The highest BCUT2D eigenvalue weighted by Gasteiger charge is 2.26. The second kappa shape index (κ2) is 7.44. The number of hydrogen-bond acceptors (Lipinski definition) is 2. The van der Waals surface area contributed by atoms with Gasteiger partial charge in [-0.3, -0.25) is 0 Å². The summed E-state index contributed by atoms with van der Waals surface area (Å²) in [5.41, 5.74) is 2.13. The molecule has 0 amide bonds. The molecule has 21 heavy (non-hydrogen) atoms. The molecular formula is C19H26O2. The molecule has 2 atom stereocenters. The molecule has 2 bridgehead atoms. The molecule has 2 aliphatic rings. The largest absolute Gasteiger partial charge is 0.454 e. The molecule has 2 rings (SSSR count). The van der Waals surface area contributed by atoms with Crippen LogP contribution < -0.4 is 0 Å². The average molecular weight is 286 g/mol. The van der Waals surface area contributed by atoms with E-state index < -0.39 is 0 Å². The number of ether oxygens (including phenoxy) is 1. The number of fused-ring (bicyclic) bond motifs is 1. The number of carbonyl (C=O) groups is 1. The number of esters is 1. The Morgan fingerprint density at radius 2 is 2.10 bits per heavy atom. The van der Waals surface area contributed by atoms with Gasteiger partial charge >= 0.3 is 5.97 Å². The summed E-state index contributed by atoms with van der Waals surface area (Å²) in [7, 11) is 0. The van der Waals surface area contributed by atoms with Gasteiger partial charge in [-0.15, -0.1) is 0 Å². The van der Waals surface area contributed by atoms with Gasteiger partial charge in [0, 0.05) is 12.0 Å². The summed E-state index contributed by atoms with van der Waals surface area (Å²) in [5, 5.41) is 0. The van der Waals surface area contributed by atoms with Crippen molar-refractivity contribution in [3.05, 3.63) is 47.6 Å². The van der Waals surface area contributed by atoms with E-state index in [1.165, 1.54) is 5.57 Å². The minimum absolute atomic E-state index is 0.0660. The van der Waals surface area contributed by atoms with Crippen LogP contribution in [0.4, 0.5) is 0 Å². The third-order valence-corrected chi connectivity index (χ3v) is 4.24. The van der Waals surface area contributed by atoms with Crippen molar-refractivity contribution in [3.8, 4) is 0 Å². The highest BCUT2D eigenvalue weighted by atomic mass is 16.5. The average Bonchev–Trinajstić information content (AvgIpc) is 2.75. The maximum absolute atomic E-state index is 11.9. The fourth-order valence-electron chi connectivity index (χ4n) is 2.83. The van der Waals surface area contributed by atoms with E-state index in [1.54, 1.807) is 0 Å². The lowest BCUT2D eigenvalue weighted by Gasteiger charge is -2.16. The van der Waals surface area contributed by atoms with Crippen LogP contribution in [-0.4, -0.2) is 12.1 Å². The van der Waals surface area contributed by atoms with Gasteiger partial charge < -0.3 is 4.74 Å². The fraction of sp³-hybridized carbons (Fsp3) is 0.526. The van der Waals surface area contributed by atoms with Gasteiger partial charge in [0.25, 0.3) is 0 Å². The van der Waals surface area contributed by atoms with E-state index in [2.05, 4.69) is 51.2 Å². The van der Waals surface area contributed by atoms with Crippen molar-refractivity contribution in [1.29, 1.82) is 0 Å². The van der Waals surface area contributed by atoms with Gasteiger partial charge in [0.2, 0.25) is 0 Å². The van der Waals surface area contributed by atoms with Crippen LogP contribution in [0.5, 0.6) is 0 Å². The summed E-state index contributed by atoms with van der Waals surface area (Å²) >= 11 is 0. The summed E-state index contributed by atoms with van der Waals surface area (Å²) in [5.74, 6) is 0.966. The van der Waals surface area contributed by atoms with Crippen molar-refractivity contribution >= 4 is 5.97 Å². The Balaban J connectivity index is 2.16. The molecule has 0 aromatic rings. The van der Waals surface area contributed by atoms with Crippen LogP contribution in [0.15, 0.2) is 47.6 Å². The van der Waals surface area contributed by atoms with E-state index in [-0.39, 0.29) is 12.1 Å². The second-order valence-corrected chi connectivity index (χ2v) is 6.39. The van der Waals surface area contributed by atoms with Gasteiger partial charge in [0.1, 0.15) is 6.10 Å². The van der Waals surface area contributed by atoms with Crippen LogP contribution in [0.3, 0.4) is 0 Å². The van der Waals surface area contributed by atoms with Gasteiger partial charge in [0.05, 0.1) is 0 Å². The first-order valence-electron chi connectivity index (χ1n) is 7.97. The Hall–Kier alpha value is -1.57. The van der Waals surface area contributed by atoms with Gasteiger partial charge in [-0.2, -0.15) is 0 Å². The van der Waals surface area contributed by atoms with Crippen LogP contribution in [0, 0.1) is 11.8 Å². The Morgan fingerprint density at radius 3 is 2.86 bits per heavy atom. The molecule has 1 aliphatic carbocycles. The highest BCUT2D eigenvalue weighted by molar-refractivity contribution is 5.90. The molecule has 0 saturated heterocycles. The summed E-state index contributed by atoms with van der Waals surface area (Å²) < 4.78 is 5.46. The molecule has 0 unspecified atom stereocenters. The van der Waals surface area contributed by atoms with Crippen LogP contribution in [0.1, 0.15) is 46.5 Å². The monoisotopic (exact) mass is 286 g/mol. The zero-order valence-corrected chi connectivity index (χ0v) is 13.3. The first-order valence-corrected chi connectivity index (χ1v) is 7.97. The second-order valence-electron chi connectivity index (χ2n) is 6.39. The molecular weight excluding hydrogens is 260 g/mol. The molecule has 2 nitrogen and oxygen atoms in total. The first-order chi connectivity index (χ1) is 10.1. The molecule has 2 heteroatoms. The minimum Gasteiger partial charge on any atom is -0.454 e. The predicted octanol–water partition coefficient (Wildman–Crippen LogP) is 4.74. The van der Waals surface area contributed by atoms with Crippen LogP contribution >= 0.6 is 0 Å². The van der Waals surface area contributed by atoms with Crippen LogP contribution in [0.2, 0.25) is 0 Å². The van der Waals surface area contributed by atoms with Gasteiger partial charge in [-0.1, -0.05) is 49.8 Å². The summed E-state index contributed by atoms with van der Waals surface area (Å²) in [6.45, 7) is 6.57. The van der Waals surface area contributed by atoms with E-state index in [4.69, 9.17) is 4.74 Å². The van der Waals surface area contributed by atoms with Gasteiger partial charge in [-0.25, -0.2) is 4.79 Å². The Labute approximate surface area is 128 Å². The molecule has 0 aromatic heterocycles. The van der Waals surface area contributed by atoms with E-state index in [0.717, 1.165) is 31.3 Å². The maximum atomic E-state index is 11.9. The lowest BCUT2D eigenvalue weighted by molar-refractivity contribution is -0.139. The van der Waals surface area contributed by atoms with Crippen molar-refractivity contribution in [2.75, 3.05) is 0 Å². The normalized spacial score (nSPS) is 32.7. The zero-order chi connectivity index (χ0) is 15.2.